The quantitative estimate of drug-likeness (QED) is 0.408. The van der Waals surface area contributed by atoms with Crippen LogP contribution in [0.25, 0.3) is 16.6 Å². The number of anilines is 1. The number of fused-ring (bicyclic) bond motifs is 1. The summed E-state index contributed by atoms with van der Waals surface area (Å²) in [4.78, 5) is 13.2. The lowest BCUT2D eigenvalue weighted by Gasteiger charge is -2.17. The molecule has 8 nitrogen and oxygen atoms in total. The summed E-state index contributed by atoms with van der Waals surface area (Å²) in [7, 11) is -1.63. The smallest absolute Gasteiger partial charge is 0.255 e. The number of pyridine rings is 1. The van der Waals surface area contributed by atoms with E-state index in [1.807, 2.05) is 6.07 Å². The molecule has 4 rings (SSSR count). The lowest BCUT2D eigenvalue weighted by atomic mass is 10.2. The molecule has 2 heterocycles. The van der Waals surface area contributed by atoms with E-state index in [9.17, 15) is 13.4 Å². The van der Waals surface area contributed by atoms with Crippen molar-refractivity contribution < 1.29 is 17.9 Å². The molecule has 2 aromatic heterocycles. The van der Waals surface area contributed by atoms with Crippen LogP contribution >= 0.6 is 15.9 Å². The number of rotatable bonds is 6. The molecule has 11 heteroatoms. The molecule has 0 radical (unpaired) electrons. The molecule has 0 aliphatic heterocycles. The van der Waals surface area contributed by atoms with Gasteiger partial charge in [0, 0.05) is 23.6 Å². The maximum atomic E-state index is 14.4. The maximum Gasteiger partial charge on any atom is 0.255 e. The second-order valence-electron chi connectivity index (χ2n) is 6.61. The fraction of sp³-hybridized carbons (Fsp3) is 0.0952. The SMILES string of the molecule is CC(C#N)Oc1cc(Br)c(F)cc1-n1c(=O)ccc2cc(S(=O)Nc3ccon3)ccc21. The van der Waals surface area contributed by atoms with Crippen LogP contribution in [0.5, 0.6) is 5.75 Å². The molecule has 0 saturated heterocycles. The molecule has 0 aliphatic carbocycles. The Balaban J connectivity index is 1.84. The topological polar surface area (TPSA) is 110 Å². The highest BCUT2D eigenvalue weighted by molar-refractivity contribution is 9.10. The first-order chi connectivity index (χ1) is 15.4. The van der Waals surface area contributed by atoms with Crippen molar-refractivity contribution in [3.63, 3.8) is 0 Å². The zero-order valence-electron chi connectivity index (χ0n) is 16.4. The van der Waals surface area contributed by atoms with E-state index < -0.39 is 28.5 Å². The van der Waals surface area contributed by atoms with E-state index in [0.717, 1.165) is 6.07 Å². The minimum absolute atomic E-state index is 0.131. The van der Waals surface area contributed by atoms with Crippen molar-refractivity contribution in [3.05, 3.63) is 75.4 Å². The number of hydrogen-bond acceptors (Lipinski definition) is 6. The maximum absolute atomic E-state index is 14.4. The molecule has 4 aromatic rings. The lowest BCUT2D eigenvalue weighted by Crippen LogP contribution is -2.20. The van der Waals surface area contributed by atoms with Gasteiger partial charge in [-0.1, -0.05) is 5.16 Å². The van der Waals surface area contributed by atoms with Crippen molar-refractivity contribution in [1.82, 2.24) is 9.72 Å². The summed E-state index contributed by atoms with van der Waals surface area (Å²) >= 11 is 3.10. The van der Waals surface area contributed by atoms with E-state index in [1.165, 1.54) is 36.0 Å². The van der Waals surface area contributed by atoms with Crippen LogP contribution in [0.2, 0.25) is 0 Å². The van der Waals surface area contributed by atoms with Crippen LogP contribution in [0.15, 0.2) is 73.5 Å². The van der Waals surface area contributed by atoms with Crippen molar-refractivity contribution in [3.8, 4) is 17.5 Å². The van der Waals surface area contributed by atoms with Gasteiger partial charge in [0.2, 0.25) is 0 Å². The van der Waals surface area contributed by atoms with E-state index in [0.29, 0.717) is 21.6 Å². The second kappa shape index (κ2) is 8.94. The van der Waals surface area contributed by atoms with E-state index >= 15 is 0 Å². The largest absolute Gasteiger partial charge is 0.474 e. The number of nitrogens with one attached hydrogen (secondary N) is 1. The van der Waals surface area contributed by atoms with Crippen molar-refractivity contribution in [2.45, 2.75) is 17.9 Å². The molecule has 2 unspecified atom stereocenters. The van der Waals surface area contributed by atoms with Crippen LogP contribution in [-0.4, -0.2) is 20.0 Å². The van der Waals surface area contributed by atoms with Crippen molar-refractivity contribution >= 4 is 43.6 Å². The molecule has 0 fully saturated rings. The summed E-state index contributed by atoms with van der Waals surface area (Å²) in [5, 5.41) is 13.4. The van der Waals surface area contributed by atoms with E-state index in [2.05, 4.69) is 25.8 Å². The Kier molecular flexibility index (Phi) is 6.07. The van der Waals surface area contributed by atoms with Gasteiger partial charge in [0.05, 0.1) is 20.6 Å². The van der Waals surface area contributed by atoms with Crippen LogP contribution < -0.4 is 15.0 Å². The van der Waals surface area contributed by atoms with Gasteiger partial charge in [0.25, 0.3) is 5.56 Å². The summed E-state index contributed by atoms with van der Waals surface area (Å²) in [5.41, 5.74) is 0.150. The van der Waals surface area contributed by atoms with Gasteiger partial charge < -0.3 is 9.26 Å². The summed E-state index contributed by atoms with van der Waals surface area (Å²) in [5.74, 6) is -0.134. The van der Waals surface area contributed by atoms with Crippen molar-refractivity contribution in [1.29, 1.82) is 5.26 Å². The molecule has 0 aliphatic rings. The number of ether oxygens (including phenoxy) is 1. The molecule has 0 amide bonds. The van der Waals surface area contributed by atoms with E-state index in [4.69, 9.17) is 14.5 Å². The Morgan fingerprint density at radius 2 is 2.09 bits per heavy atom. The van der Waals surface area contributed by atoms with Crippen LogP contribution in [0.4, 0.5) is 10.2 Å². The van der Waals surface area contributed by atoms with E-state index in [1.54, 1.807) is 24.3 Å². The van der Waals surface area contributed by atoms with Crippen LogP contribution in [0.1, 0.15) is 6.92 Å². The Morgan fingerprint density at radius 3 is 2.81 bits per heavy atom. The summed E-state index contributed by atoms with van der Waals surface area (Å²) in [6.45, 7) is 1.54. The Hall–Kier alpha value is -3.49. The third-order valence-electron chi connectivity index (χ3n) is 4.44. The molecular weight excluding hydrogens is 503 g/mol. The molecule has 162 valence electrons. The first kappa shape index (κ1) is 21.7. The predicted octanol–water partition coefficient (Wildman–Crippen LogP) is 4.31. The lowest BCUT2D eigenvalue weighted by molar-refractivity contribution is 0.275. The van der Waals surface area contributed by atoms with E-state index in [-0.39, 0.29) is 15.9 Å². The number of hydrogen-bond donors (Lipinski definition) is 1. The highest BCUT2D eigenvalue weighted by Gasteiger charge is 2.17. The Morgan fingerprint density at radius 1 is 1.28 bits per heavy atom. The average Bonchev–Trinajstić information content (AvgIpc) is 3.29. The molecule has 0 bridgehead atoms. The summed E-state index contributed by atoms with van der Waals surface area (Å²) in [6.07, 6.45) is 0.524. The minimum Gasteiger partial charge on any atom is -0.474 e. The monoisotopic (exact) mass is 516 g/mol. The normalized spacial score (nSPS) is 12.8. The van der Waals surface area contributed by atoms with Crippen molar-refractivity contribution in [2.24, 2.45) is 0 Å². The summed E-state index contributed by atoms with van der Waals surface area (Å²) < 4.78 is 41.5. The molecule has 1 N–H and O–H groups in total. The third kappa shape index (κ3) is 4.28. The molecule has 0 spiro atoms. The standard InChI is InChI=1S/C21H14BrFN4O4S/c1-12(11-24)31-19-9-15(22)16(23)10-18(19)27-17-4-3-14(8-13(17)2-5-21(27)28)32(29)26-20-6-7-30-25-20/h2-10,12H,1H3,(H,25,26). The van der Waals surface area contributed by atoms with Crippen LogP contribution in [0, 0.1) is 17.1 Å². The number of aromatic nitrogens is 2. The first-order valence-corrected chi connectivity index (χ1v) is 11.1. The number of benzene rings is 2. The fourth-order valence-corrected chi connectivity index (χ4v) is 4.17. The Bertz CT molecular complexity index is 1430. The van der Waals surface area contributed by atoms with Crippen LogP contribution in [-0.2, 0) is 11.0 Å². The molecule has 32 heavy (non-hydrogen) atoms. The number of nitriles is 1. The number of halogens is 2. The van der Waals surface area contributed by atoms with Gasteiger partial charge in [0.1, 0.15) is 23.9 Å². The predicted molar refractivity (Wildman–Crippen MR) is 119 cm³/mol. The third-order valence-corrected chi connectivity index (χ3v) is 6.13. The van der Waals surface area contributed by atoms with Gasteiger partial charge in [-0.15, -0.1) is 0 Å². The zero-order valence-corrected chi connectivity index (χ0v) is 18.8. The average molecular weight is 517 g/mol. The number of nitrogens with zero attached hydrogens (tertiary/aromatic N) is 3. The fourth-order valence-electron chi connectivity index (χ4n) is 3.01. The summed E-state index contributed by atoms with van der Waals surface area (Å²) in [6, 6.07) is 13.7. The highest BCUT2D eigenvalue weighted by Crippen LogP contribution is 2.32. The molecule has 0 saturated carbocycles. The van der Waals surface area contributed by atoms with Gasteiger partial charge in [0.15, 0.2) is 22.9 Å². The van der Waals surface area contributed by atoms with Gasteiger partial charge in [-0.3, -0.25) is 14.1 Å². The Labute approximate surface area is 191 Å². The van der Waals surface area contributed by atoms with Crippen LogP contribution in [0.3, 0.4) is 0 Å². The molecule has 2 atom stereocenters. The highest BCUT2D eigenvalue weighted by atomic mass is 79.9. The zero-order chi connectivity index (χ0) is 22.8. The molecular formula is C21H14BrFN4O4S. The van der Waals surface area contributed by atoms with Gasteiger partial charge in [-0.25, -0.2) is 8.60 Å². The second-order valence-corrected chi connectivity index (χ2v) is 8.67. The first-order valence-electron chi connectivity index (χ1n) is 9.17. The molecule has 2 aromatic carbocycles. The van der Waals surface area contributed by atoms with Gasteiger partial charge >= 0.3 is 0 Å². The van der Waals surface area contributed by atoms with Crippen molar-refractivity contribution in [2.75, 3.05) is 4.72 Å². The minimum atomic E-state index is -1.63. The van der Waals surface area contributed by atoms with Gasteiger partial charge in [-0.05, 0) is 53.2 Å². The van der Waals surface area contributed by atoms with Gasteiger partial charge in [-0.2, -0.15) is 5.26 Å².